The number of aromatic hydroxyl groups is 1. The van der Waals surface area contributed by atoms with Crippen LogP contribution in [0, 0.1) is 0 Å². The topological polar surface area (TPSA) is 55.5 Å². The van der Waals surface area contributed by atoms with Gasteiger partial charge < -0.3 is 15.6 Å². The minimum Gasteiger partial charge on any atom is -0.508 e. The molecule has 60 valence electrons. The Morgan fingerprint density at radius 3 is 2.73 bits per heavy atom. The summed E-state index contributed by atoms with van der Waals surface area (Å²) in [6.07, 6.45) is 0. The summed E-state index contributed by atoms with van der Waals surface area (Å²) in [5.74, 6) is 0.178. The summed E-state index contributed by atoms with van der Waals surface area (Å²) >= 11 is 0. The van der Waals surface area contributed by atoms with Crippen LogP contribution in [0.25, 0.3) is 0 Å². The van der Waals surface area contributed by atoms with Gasteiger partial charge in [0.05, 0.1) is 6.61 Å². The standard InChI is InChI=1S/C8H11NO2/c1-11-5-6-2-7(9)4-8(10)3-6/h2-4,10H,5,9H2,1H3. The molecule has 0 saturated carbocycles. The Kier molecular flexibility index (Phi) is 2.33. The number of anilines is 1. The molecule has 0 aliphatic heterocycles. The molecule has 0 spiro atoms. The molecular weight excluding hydrogens is 142 g/mol. The molecular formula is C8H11NO2. The summed E-state index contributed by atoms with van der Waals surface area (Å²) in [4.78, 5) is 0. The molecule has 0 aliphatic rings. The van der Waals surface area contributed by atoms with E-state index in [1.165, 1.54) is 6.07 Å². The number of benzene rings is 1. The SMILES string of the molecule is COCc1cc(N)cc(O)c1. The van der Waals surface area contributed by atoms with Crippen molar-refractivity contribution in [3.63, 3.8) is 0 Å². The summed E-state index contributed by atoms with van der Waals surface area (Å²) < 4.78 is 4.87. The van der Waals surface area contributed by atoms with Crippen LogP contribution in [0.5, 0.6) is 5.75 Å². The van der Waals surface area contributed by atoms with Gasteiger partial charge in [-0.25, -0.2) is 0 Å². The van der Waals surface area contributed by atoms with E-state index in [1.54, 1.807) is 19.2 Å². The van der Waals surface area contributed by atoms with Crippen LogP contribution in [0.15, 0.2) is 18.2 Å². The summed E-state index contributed by atoms with van der Waals surface area (Å²) in [5, 5.41) is 9.08. The first kappa shape index (κ1) is 7.88. The van der Waals surface area contributed by atoms with Crippen LogP contribution in [-0.2, 0) is 11.3 Å². The van der Waals surface area contributed by atoms with Gasteiger partial charge in [0.1, 0.15) is 5.75 Å². The number of nitrogens with two attached hydrogens (primary N) is 1. The van der Waals surface area contributed by atoms with Crippen molar-refractivity contribution in [2.24, 2.45) is 0 Å². The first-order valence-corrected chi connectivity index (χ1v) is 3.29. The van der Waals surface area contributed by atoms with Gasteiger partial charge >= 0.3 is 0 Å². The van der Waals surface area contributed by atoms with Crippen LogP contribution in [0.1, 0.15) is 5.56 Å². The van der Waals surface area contributed by atoms with Gasteiger partial charge in [-0.05, 0) is 17.7 Å². The van der Waals surface area contributed by atoms with Crippen molar-refractivity contribution in [2.75, 3.05) is 12.8 Å². The van der Waals surface area contributed by atoms with Gasteiger partial charge in [-0.3, -0.25) is 0 Å². The van der Waals surface area contributed by atoms with Crippen LogP contribution in [0.3, 0.4) is 0 Å². The van der Waals surface area contributed by atoms with E-state index in [1.807, 2.05) is 0 Å². The van der Waals surface area contributed by atoms with Crippen molar-refractivity contribution < 1.29 is 9.84 Å². The number of hydrogen-bond acceptors (Lipinski definition) is 3. The highest BCUT2D eigenvalue weighted by atomic mass is 16.5. The zero-order chi connectivity index (χ0) is 8.27. The van der Waals surface area contributed by atoms with Gasteiger partial charge in [0.25, 0.3) is 0 Å². The molecule has 0 heterocycles. The molecule has 1 aromatic rings. The van der Waals surface area contributed by atoms with E-state index in [-0.39, 0.29) is 5.75 Å². The Bertz CT molecular complexity index is 228. The molecule has 11 heavy (non-hydrogen) atoms. The zero-order valence-corrected chi connectivity index (χ0v) is 6.37. The van der Waals surface area contributed by atoms with Crippen molar-refractivity contribution >= 4 is 5.69 Å². The van der Waals surface area contributed by atoms with Gasteiger partial charge in [0.2, 0.25) is 0 Å². The molecule has 0 fully saturated rings. The Labute approximate surface area is 65.4 Å². The smallest absolute Gasteiger partial charge is 0.117 e. The highest BCUT2D eigenvalue weighted by Gasteiger charge is 1.95. The molecule has 3 N–H and O–H groups in total. The molecule has 3 heteroatoms. The maximum atomic E-state index is 9.08. The van der Waals surface area contributed by atoms with Crippen molar-refractivity contribution in [3.8, 4) is 5.75 Å². The number of ether oxygens (including phenoxy) is 1. The third-order valence-electron chi connectivity index (χ3n) is 1.31. The third-order valence-corrected chi connectivity index (χ3v) is 1.31. The minimum absolute atomic E-state index is 0.178. The molecule has 0 radical (unpaired) electrons. The Hall–Kier alpha value is -1.22. The fourth-order valence-electron chi connectivity index (χ4n) is 0.950. The predicted molar refractivity (Wildman–Crippen MR) is 43.2 cm³/mol. The Balaban J connectivity index is 2.89. The van der Waals surface area contributed by atoms with E-state index < -0.39 is 0 Å². The second-order valence-electron chi connectivity index (χ2n) is 2.37. The lowest BCUT2D eigenvalue weighted by molar-refractivity contribution is 0.184. The van der Waals surface area contributed by atoms with Crippen LogP contribution in [0.4, 0.5) is 5.69 Å². The van der Waals surface area contributed by atoms with E-state index >= 15 is 0 Å². The molecule has 0 amide bonds. The third kappa shape index (κ3) is 2.13. The average Bonchev–Trinajstić information content (AvgIpc) is 1.85. The molecule has 0 aliphatic carbocycles. The molecule has 0 aromatic heterocycles. The number of methoxy groups -OCH3 is 1. The maximum absolute atomic E-state index is 9.08. The molecule has 0 saturated heterocycles. The summed E-state index contributed by atoms with van der Waals surface area (Å²) in [7, 11) is 1.60. The van der Waals surface area contributed by atoms with Crippen molar-refractivity contribution in [1.82, 2.24) is 0 Å². The molecule has 0 bridgehead atoms. The van der Waals surface area contributed by atoms with E-state index in [0.717, 1.165) is 5.56 Å². The number of nitrogen functional groups attached to an aromatic ring is 1. The largest absolute Gasteiger partial charge is 0.508 e. The van der Waals surface area contributed by atoms with Crippen molar-refractivity contribution in [2.45, 2.75) is 6.61 Å². The highest BCUT2D eigenvalue weighted by Crippen LogP contribution is 2.17. The molecule has 0 unspecified atom stereocenters. The second kappa shape index (κ2) is 3.25. The van der Waals surface area contributed by atoms with Gasteiger partial charge in [-0.1, -0.05) is 0 Å². The van der Waals surface area contributed by atoms with Crippen LogP contribution >= 0.6 is 0 Å². The summed E-state index contributed by atoms with van der Waals surface area (Å²) in [5.41, 5.74) is 6.91. The number of hydrogen-bond donors (Lipinski definition) is 2. The summed E-state index contributed by atoms with van der Waals surface area (Å²) in [6, 6.07) is 4.89. The first-order chi connectivity index (χ1) is 5.22. The second-order valence-corrected chi connectivity index (χ2v) is 2.37. The van der Waals surface area contributed by atoms with Crippen LogP contribution in [-0.4, -0.2) is 12.2 Å². The first-order valence-electron chi connectivity index (χ1n) is 3.29. The van der Waals surface area contributed by atoms with Crippen LogP contribution in [0.2, 0.25) is 0 Å². The maximum Gasteiger partial charge on any atom is 0.117 e. The predicted octanol–water partition coefficient (Wildman–Crippen LogP) is 1.12. The monoisotopic (exact) mass is 153 g/mol. The molecule has 3 nitrogen and oxygen atoms in total. The highest BCUT2D eigenvalue weighted by molar-refractivity contribution is 5.46. The van der Waals surface area contributed by atoms with Crippen molar-refractivity contribution in [1.29, 1.82) is 0 Å². The molecule has 1 aromatic carbocycles. The van der Waals surface area contributed by atoms with E-state index in [9.17, 15) is 0 Å². The van der Waals surface area contributed by atoms with E-state index in [2.05, 4.69) is 0 Å². The summed E-state index contributed by atoms with van der Waals surface area (Å²) in [6.45, 7) is 0.471. The fourth-order valence-corrected chi connectivity index (χ4v) is 0.950. The minimum atomic E-state index is 0.178. The normalized spacial score (nSPS) is 9.91. The van der Waals surface area contributed by atoms with Gasteiger partial charge in [0, 0.05) is 18.9 Å². The molecule has 1 rings (SSSR count). The lowest BCUT2D eigenvalue weighted by Crippen LogP contribution is -1.90. The van der Waals surface area contributed by atoms with E-state index in [0.29, 0.717) is 12.3 Å². The van der Waals surface area contributed by atoms with E-state index in [4.69, 9.17) is 15.6 Å². The fraction of sp³-hybridized carbons (Fsp3) is 0.250. The lowest BCUT2D eigenvalue weighted by Gasteiger charge is -2.01. The Morgan fingerprint density at radius 2 is 2.18 bits per heavy atom. The van der Waals surface area contributed by atoms with Crippen LogP contribution < -0.4 is 5.73 Å². The van der Waals surface area contributed by atoms with Gasteiger partial charge in [0.15, 0.2) is 0 Å². The number of phenolic OH excluding ortho intramolecular Hbond substituents is 1. The number of phenols is 1. The van der Waals surface area contributed by atoms with Gasteiger partial charge in [-0.15, -0.1) is 0 Å². The zero-order valence-electron chi connectivity index (χ0n) is 6.37. The Morgan fingerprint density at radius 1 is 1.45 bits per heavy atom. The lowest BCUT2D eigenvalue weighted by atomic mass is 10.2. The number of rotatable bonds is 2. The van der Waals surface area contributed by atoms with Gasteiger partial charge in [-0.2, -0.15) is 0 Å². The average molecular weight is 153 g/mol. The molecule has 0 atom stereocenters. The van der Waals surface area contributed by atoms with Crippen molar-refractivity contribution in [3.05, 3.63) is 23.8 Å². The quantitative estimate of drug-likeness (QED) is 0.626.